The number of hydrogen-bond donors (Lipinski definition) is 1. The second-order valence-electron chi connectivity index (χ2n) is 5.97. The van der Waals surface area contributed by atoms with Crippen molar-refractivity contribution in [1.29, 1.82) is 0 Å². The van der Waals surface area contributed by atoms with E-state index in [2.05, 4.69) is 19.9 Å². The zero-order valence-corrected chi connectivity index (χ0v) is 15.2. The van der Waals surface area contributed by atoms with Crippen molar-refractivity contribution in [2.24, 2.45) is 5.73 Å². The molecule has 1 aromatic carbocycles. The minimum atomic E-state index is -0.523. The van der Waals surface area contributed by atoms with Crippen LogP contribution in [0.1, 0.15) is 44.7 Å². The quantitative estimate of drug-likeness (QED) is 0.873. The van der Waals surface area contributed by atoms with Gasteiger partial charge in [-0.1, -0.05) is 26.0 Å². The van der Waals surface area contributed by atoms with Crippen molar-refractivity contribution in [1.82, 2.24) is 4.90 Å². The fourth-order valence-corrected chi connectivity index (χ4v) is 2.01. The smallest absolute Gasteiger partial charge is 0.263 e. The molecule has 4 nitrogen and oxygen atoms in total. The highest BCUT2D eigenvalue weighted by Crippen LogP contribution is 2.25. The van der Waals surface area contributed by atoms with E-state index in [1.807, 2.05) is 26.0 Å². The van der Waals surface area contributed by atoms with Gasteiger partial charge in [-0.05, 0) is 43.9 Å². The molecule has 0 aliphatic carbocycles. The molecule has 2 unspecified atom stereocenters. The maximum atomic E-state index is 12.3. The number of amides is 1. The summed E-state index contributed by atoms with van der Waals surface area (Å²) in [6, 6.07) is 6.17. The number of likely N-dealkylation sites (N-methyl/N-ethyl adjacent to an activating group) is 1. The number of nitrogens with zero attached hydrogens (tertiary/aromatic N) is 1. The first-order valence-corrected chi connectivity index (χ1v) is 7.51. The molecule has 2 N–H and O–H groups in total. The van der Waals surface area contributed by atoms with Crippen LogP contribution >= 0.6 is 12.4 Å². The molecule has 0 radical (unpaired) electrons. The van der Waals surface area contributed by atoms with E-state index in [-0.39, 0.29) is 24.4 Å². The van der Waals surface area contributed by atoms with Crippen molar-refractivity contribution in [2.45, 2.75) is 52.7 Å². The van der Waals surface area contributed by atoms with E-state index in [0.29, 0.717) is 12.5 Å². The Kier molecular flexibility index (Phi) is 8.49. The first kappa shape index (κ1) is 20.7. The number of aryl methyl sites for hydroxylation is 1. The third-order valence-corrected chi connectivity index (χ3v) is 3.88. The van der Waals surface area contributed by atoms with Gasteiger partial charge in [-0.3, -0.25) is 4.79 Å². The minimum Gasteiger partial charge on any atom is -0.481 e. The molecule has 0 spiro atoms. The van der Waals surface area contributed by atoms with Gasteiger partial charge in [0.15, 0.2) is 6.10 Å². The topological polar surface area (TPSA) is 55.6 Å². The van der Waals surface area contributed by atoms with Crippen molar-refractivity contribution in [3.63, 3.8) is 0 Å². The Morgan fingerprint density at radius 3 is 2.36 bits per heavy atom. The van der Waals surface area contributed by atoms with Gasteiger partial charge < -0.3 is 15.4 Å². The molecule has 0 saturated carbocycles. The third-order valence-electron chi connectivity index (χ3n) is 3.88. The third kappa shape index (κ3) is 5.18. The molecule has 1 rings (SSSR count). The summed E-state index contributed by atoms with van der Waals surface area (Å²) >= 11 is 0. The van der Waals surface area contributed by atoms with Crippen LogP contribution in [-0.4, -0.2) is 36.5 Å². The summed E-state index contributed by atoms with van der Waals surface area (Å²) in [5, 5.41) is 0. The number of ether oxygens (including phenoxy) is 1. The van der Waals surface area contributed by atoms with E-state index < -0.39 is 6.10 Å². The number of halogens is 1. The summed E-state index contributed by atoms with van der Waals surface area (Å²) in [5.41, 5.74) is 7.85. The van der Waals surface area contributed by atoms with Crippen molar-refractivity contribution in [3.05, 3.63) is 29.3 Å². The van der Waals surface area contributed by atoms with Gasteiger partial charge in [0, 0.05) is 19.6 Å². The Hall–Kier alpha value is -1.26. The summed E-state index contributed by atoms with van der Waals surface area (Å²) in [7, 11) is 1.76. The number of nitrogens with two attached hydrogens (primary N) is 1. The second kappa shape index (κ2) is 9.01. The average Bonchev–Trinajstić information content (AvgIpc) is 2.46. The molecule has 22 heavy (non-hydrogen) atoms. The highest BCUT2D eigenvalue weighted by Gasteiger charge is 2.23. The monoisotopic (exact) mass is 328 g/mol. The van der Waals surface area contributed by atoms with Gasteiger partial charge in [-0.2, -0.15) is 0 Å². The van der Waals surface area contributed by atoms with Crippen LogP contribution in [0, 0.1) is 6.92 Å². The number of benzene rings is 1. The van der Waals surface area contributed by atoms with Crippen LogP contribution < -0.4 is 10.5 Å². The maximum absolute atomic E-state index is 12.3. The predicted octanol–water partition coefficient (Wildman–Crippen LogP) is 3.11. The molecule has 0 aliphatic rings. The fourth-order valence-electron chi connectivity index (χ4n) is 2.01. The van der Waals surface area contributed by atoms with Crippen LogP contribution in [0.25, 0.3) is 0 Å². The molecule has 5 heteroatoms. The Labute approximate surface area is 140 Å². The maximum Gasteiger partial charge on any atom is 0.263 e. The van der Waals surface area contributed by atoms with Gasteiger partial charge in [0.05, 0.1) is 0 Å². The summed E-state index contributed by atoms with van der Waals surface area (Å²) < 4.78 is 5.88. The number of carbonyl (C=O) groups is 1. The van der Waals surface area contributed by atoms with Crippen molar-refractivity contribution >= 4 is 18.3 Å². The lowest BCUT2D eigenvalue weighted by Crippen LogP contribution is -2.45. The molecule has 0 aromatic heterocycles. The summed E-state index contributed by atoms with van der Waals surface area (Å²) in [6.45, 7) is 10.4. The predicted molar refractivity (Wildman–Crippen MR) is 93.9 cm³/mol. The van der Waals surface area contributed by atoms with Gasteiger partial charge in [0.25, 0.3) is 5.91 Å². The van der Waals surface area contributed by atoms with Gasteiger partial charge in [-0.15, -0.1) is 12.4 Å². The van der Waals surface area contributed by atoms with Crippen LogP contribution in [0.3, 0.4) is 0 Å². The second-order valence-corrected chi connectivity index (χ2v) is 5.97. The lowest BCUT2D eigenvalue weighted by atomic mass is 10.0. The summed E-state index contributed by atoms with van der Waals surface area (Å²) in [4.78, 5) is 14.0. The molecule has 2 atom stereocenters. The largest absolute Gasteiger partial charge is 0.481 e. The Balaban J connectivity index is 0.00000441. The summed E-state index contributed by atoms with van der Waals surface area (Å²) in [5.74, 6) is 1.15. The van der Waals surface area contributed by atoms with Crippen LogP contribution in [0.5, 0.6) is 5.75 Å². The van der Waals surface area contributed by atoms with E-state index in [1.165, 1.54) is 5.56 Å². The van der Waals surface area contributed by atoms with Gasteiger partial charge in [-0.25, -0.2) is 0 Å². The van der Waals surface area contributed by atoms with E-state index >= 15 is 0 Å². The first-order valence-electron chi connectivity index (χ1n) is 7.51. The average molecular weight is 329 g/mol. The molecule has 0 saturated heterocycles. The first-order chi connectivity index (χ1) is 9.77. The van der Waals surface area contributed by atoms with Crippen LogP contribution in [0.2, 0.25) is 0 Å². The standard InChI is InChI=1S/C17H28N2O2.ClH/c1-11(2)15-8-7-12(3)16(9-15)21-14(5)17(20)19(6)13(4)10-18;/h7-9,11,13-14H,10,18H2,1-6H3;1H. The van der Waals surface area contributed by atoms with Gasteiger partial charge in [0.1, 0.15) is 5.75 Å². The molecule has 0 aliphatic heterocycles. The Morgan fingerprint density at radius 1 is 1.27 bits per heavy atom. The van der Waals surface area contributed by atoms with Crippen LogP contribution in [0.15, 0.2) is 18.2 Å². The van der Waals surface area contributed by atoms with E-state index in [4.69, 9.17) is 10.5 Å². The summed E-state index contributed by atoms with van der Waals surface area (Å²) in [6.07, 6.45) is -0.523. The Bertz CT molecular complexity index is 492. The lowest BCUT2D eigenvalue weighted by Gasteiger charge is -2.27. The molecule has 0 fully saturated rings. The van der Waals surface area contributed by atoms with Crippen LogP contribution in [-0.2, 0) is 4.79 Å². The number of rotatable bonds is 6. The highest BCUT2D eigenvalue weighted by atomic mass is 35.5. The molecule has 1 amide bonds. The van der Waals surface area contributed by atoms with E-state index in [1.54, 1.807) is 18.9 Å². The van der Waals surface area contributed by atoms with E-state index in [9.17, 15) is 4.79 Å². The van der Waals surface area contributed by atoms with Gasteiger partial charge in [0.2, 0.25) is 0 Å². The Morgan fingerprint density at radius 2 is 1.86 bits per heavy atom. The van der Waals surface area contributed by atoms with Gasteiger partial charge >= 0.3 is 0 Å². The normalized spacial score (nSPS) is 13.3. The number of hydrogen-bond acceptors (Lipinski definition) is 3. The molecule has 126 valence electrons. The molecule has 1 aromatic rings. The fraction of sp³-hybridized carbons (Fsp3) is 0.588. The SMILES string of the molecule is Cc1ccc(C(C)C)cc1OC(C)C(=O)N(C)C(C)CN.Cl. The van der Waals surface area contributed by atoms with E-state index in [0.717, 1.165) is 11.3 Å². The highest BCUT2D eigenvalue weighted by molar-refractivity contribution is 5.85. The molecular formula is C17H29ClN2O2. The van der Waals surface area contributed by atoms with Crippen LogP contribution in [0.4, 0.5) is 0 Å². The minimum absolute atomic E-state index is 0. The molecule has 0 bridgehead atoms. The van der Waals surface area contributed by atoms with Crippen molar-refractivity contribution in [3.8, 4) is 5.75 Å². The zero-order valence-electron chi connectivity index (χ0n) is 14.4. The molecule has 0 heterocycles. The molecular weight excluding hydrogens is 300 g/mol. The van der Waals surface area contributed by atoms with Crippen molar-refractivity contribution < 1.29 is 9.53 Å². The zero-order chi connectivity index (χ0) is 16.2. The lowest BCUT2D eigenvalue weighted by molar-refractivity contribution is -0.138. The van der Waals surface area contributed by atoms with Crippen molar-refractivity contribution in [2.75, 3.05) is 13.6 Å². The number of carbonyl (C=O) groups excluding carboxylic acids is 1.